The molecule has 0 saturated carbocycles. The summed E-state index contributed by atoms with van der Waals surface area (Å²) in [6.07, 6.45) is 19.4. The highest BCUT2D eigenvalue weighted by molar-refractivity contribution is 5.74. The first-order valence-corrected chi connectivity index (χ1v) is 9.27. The molecule has 2 aromatic heterocycles. The van der Waals surface area contributed by atoms with Crippen LogP contribution in [0.3, 0.4) is 0 Å². The van der Waals surface area contributed by atoms with Crippen molar-refractivity contribution in [3.8, 4) is 24.2 Å². The molecule has 2 aliphatic rings. The number of nitrogens with zero attached hydrogens (tertiary/aromatic N) is 5. The van der Waals surface area contributed by atoms with Gasteiger partial charge in [-0.1, -0.05) is 12.0 Å². The molecule has 0 aromatic carbocycles. The van der Waals surface area contributed by atoms with Crippen molar-refractivity contribution in [1.29, 1.82) is 0 Å². The molecule has 2 aromatic rings. The molecule has 4 rings (SSSR count). The summed E-state index contributed by atoms with van der Waals surface area (Å²) in [5.74, 6) is 8.10. The van der Waals surface area contributed by atoms with Gasteiger partial charge in [-0.15, -0.1) is 6.42 Å². The van der Waals surface area contributed by atoms with Crippen LogP contribution in [-0.4, -0.2) is 62.5 Å². The Morgan fingerprint density at radius 2 is 2.11 bits per heavy atom. The Morgan fingerprint density at radius 1 is 1.25 bits per heavy atom. The highest BCUT2D eigenvalue weighted by Crippen LogP contribution is 2.33. The van der Waals surface area contributed by atoms with Gasteiger partial charge in [0.05, 0.1) is 18.9 Å². The van der Waals surface area contributed by atoms with E-state index in [1.54, 1.807) is 0 Å². The first-order valence-electron chi connectivity index (χ1n) is 9.27. The van der Waals surface area contributed by atoms with E-state index < -0.39 is 5.66 Å². The summed E-state index contributed by atoms with van der Waals surface area (Å²) < 4.78 is 1.84. The number of aryl methyl sites for hydroxylation is 1. The first kappa shape index (κ1) is 18.1. The maximum absolute atomic E-state index is 5.21. The Kier molecular flexibility index (Phi) is 5.03. The van der Waals surface area contributed by atoms with E-state index >= 15 is 0 Å². The average molecular weight is 373 g/mol. The van der Waals surface area contributed by atoms with Crippen molar-refractivity contribution in [3.63, 3.8) is 0 Å². The number of dihydropyridines is 1. The predicted molar refractivity (Wildman–Crippen MR) is 108 cm³/mol. The van der Waals surface area contributed by atoms with Crippen LogP contribution in [0.2, 0.25) is 0 Å². The van der Waals surface area contributed by atoms with Gasteiger partial charge in [0.1, 0.15) is 5.66 Å². The third-order valence-electron chi connectivity index (χ3n) is 5.26. The molecule has 1 fully saturated rings. The minimum Gasteiger partial charge on any atom is -0.365 e. The number of hydrogen-bond acceptors (Lipinski definition) is 5. The van der Waals surface area contributed by atoms with E-state index in [-0.39, 0.29) is 0 Å². The number of aromatic nitrogens is 4. The minimum atomic E-state index is -0.419. The molecule has 0 bridgehead atoms. The zero-order chi connectivity index (χ0) is 19.4. The smallest absolute Gasteiger partial charge is 0.140 e. The molecule has 142 valence electrons. The third kappa shape index (κ3) is 3.46. The van der Waals surface area contributed by atoms with E-state index in [9.17, 15) is 0 Å². The Balaban J connectivity index is 1.55. The number of nitrogens with one attached hydrogen (secondary N) is 2. The van der Waals surface area contributed by atoms with Crippen LogP contribution < -0.4 is 5.32 Å². The van der Waals surface area contributed by atoms with Crippen molar-refractivity contribution in [2.75, 3.05) is 32.7 Å². The van der Waals surface area contributed by atoms with E-state index in [0.29, 0.717) is 6.54 Å². The Labute approximate surface area is 165 Å². The second-order valence-electron chi connectivity index (χ2n) is 6.94. The largest absolute Gasteiger partial charge is 0.365 e. The molecule has 1 saturated heterocycles. The molecule has 7 nitrogen and oxygen atoms in total. The topological polar surface area (TPSA) is 65.0 Å². The molecule has 0 amide bonds. The van der Waals surface area contributed by atoms with Crippen molar-refractivity contribution in [3.05, 3.63) is 54.3 Å². The molecule has 0 radical (unpaired) electrons. The summed E-state index contributed by atoms with van der Waals surface area (Å²) in [5.41, 5.74) is 2.85. The summed E-state index contributed by atoms with van der Waals surface area (Å²) in [7, 11) is 1.94. The molecule has 0 spiro atoms. The van der Waals surface area contributed by atoms with Gasteiger partial charge in [0.15, 0.2) is 0 Å². The van der Waals surface area contributed by atoms with Gasteiger partial charge in [0.2, 0.25) is 0 Å². The van der Waals surface area contributed by atoms with Gasteiger partial charge >= 0.3 is 0 Å². The standard InChI is InChI=1S/C21H23N7/c1-3-4-5-8-27-9-11-28(12-10-27)21(20-16-25-26(2)17-20)7-6-18(13-22-21)19-14-23-24-15-19/h1,6-7,13-17,22H,8-12H2,2H3,(H,23,24). The van der Waals surface area contributed by atoms with Crippen LogP contribution in [0.4, 0.5) is 0 Å². The van der Waals surface area contributed by atoms with Crippen LogP contribution in [-0.2, 0) is 12.7 Å². The average Bonchev–Trinajstić information content (AvgIpc) is 3.41. The van der Waals surface area contributed by atoms with Gasteiger partial charge in [-0.25, -0.2) is 0 Å². The quantitative estimate of drug-likeness (QED) is 0.775. The SMILES string of the molecule is C#CC#CCN1CCN(C2(c3cnn(C)c3)C=CC(c3cn[nH]c3)=CN2)CC1. The lowest BCUT2D eigenvalue weighted by Crippen LogP contribution is -2.60. The first-order chi connectivity index (χ1) is 13.7. The maximum Gasteiger partial charge on any atom is 0.140 e. The predicted octanol–water partition coefficient (Wildman–Crippen LogP) is 0.751. The molecule has 7 heteroatoms. The zero-order valence-corrected chi connectivity index (χ0v) is 15.9. The molecular weight excluding hydrogens is 350 g/mol. The number of piperazine rings is 1. The zero-order valence-electron chi connectivity index (χ0n) is 15.9. The number of H-pyrrole nitrogens is 1. The Morgan fingerprint density at radius 3 is 2.71 bits per heavy atom. The molecule has 2 aliphatic heterocycles. The van der Waals surface area contributed by atoms with Gasteiger partial charge in [-0.3, -0.25) is 19.6 Å². The van der Waals surface area contributed by atoms with Gasteiger partial charge in [0, 0.05) is 68.5 Å². The minimum absolute atomic E-state index is 0.419. The van der Waals surface area contributed by atoms with E-state index in [4.69, 9.17) is 6.42 Å². The molecule has 4 heterocycles. The second kappa shape index (κ2) is 7.77. The summed E-state index contributed by atoms with van der Waals surface area (Å²) in [4.78, 5) is 4.78. The lowest BCUT2D eigenvalue weighted by atomic mass is 9.94. The highest BCUT2D eigenvalue weighted by Gasteiger charge is 2.39. The van der Waals surface area contributed by atoms with E-state index in [1.807, 2.05) is 30.3 Å². The van der Waals surface area contributed by atoms with E-state index in [2.05, 4.69) is 72.7 Å². The summed E-state index contributed by atoms with van der Waals surface area (Å²) in [5, 5.41) is 15.0. The van der Waals surface area contributed by atoms with Gasteiger partial charge < -0.3 is 5.32 Å². The van der Waals surface area contributed by atoms with Crippen LogP contribution in [0.25, 0.3) is 5.57 Å². The van der Waals surface area contributed by atoms with Gasteiger partial charge in [-0.2, -0.15) is 10.2 Å². The number of hydrogen-bond donors (Lipinski definition) is 2. The van der Waals surface area contributed by atoms with Crippen molar-refractivity contribution in [2.45, 2.75) is 5.66 Å². The molecule has 0 aliphatic carbocycles. The maximum atomic E-state index is 5.21. The van der Waals surface area contributed by atoms with Gasteiger partial charge in [-0.05, 0) is 17.9 Å². The van der Waals surface area contributed by atoms with Crippen molar-refractivity contribution < 1.29 is 0 Å². The Hall–Kier alpha value is -3.26. The van der Waals surface area contributed by atoms with Crippen LogP contribution in [0.5, 0.6) is 0 Å². The Bertz CT molecular complexity index is 972. The molecule has 28 heavy (non-hydrogen) atoms. The lowest BCUT2D eigenvalue weighted by Gasteiger charge is -2.47. The fraction of sp³-hybridized carbons (Fsp3) is 0.333. The highest BCUT2D eigenvalue weighted by atomic mass is 15.4. The van der Waals surface area contributed by atoms with E-state index in [0.717, 1.165) is 42.9 Å². The van der Waals surface area contributed by atoms with E-state index in [1.165, 1.54) is 0 Å². The number of rotatable bonds is 4. The van der Waals surface area contributed by atoms with Crippen molar-refractivity contribution in [1.82, 2.24) is 35.1 Å². The number of terminal acetylenes is 1. The summed E-state index contributed by atoms with van der Waals surface area (Å²) in [6, 6.07) is 0. The fourth-order valence-corrected chi connectivity index (χ4v) is 3.72. The van der Waals surface area contributed by atoms with Crippen LogP contribution in [0, 0.1) is 24.2 Å². The molecule has 1 unspecified atom stereocenters. The third-order valence-corrected chi connectivity index (χ3v) is 5.26. The van der Waals surface area contributed by atoms with Crippen LogP contribution in [0.1, 0.15) is 11.1 Å². The summed E-state index contributed by atoms with van der Waals surface area (Å²) >= 11 is 0. The van der Waals surface area contributed by atoms with Crippen molar-refractivity contribution in [2.24, 2.45) is 7.05 Å². The molecule has 2 N–H and O–H groups in total. The monoisotopic (exact) mass is 373 g/mol. The normalized spacial score (nSPS) is 22.6. The summed E-state index contributed by atoms with van der Waals surface area (Å²) in [6.45, 7) is 4.42. The van der Waals surface area contributed by atoms with Gasteiger partial charge in [0.25, 0.3) is 0 Å². The van der Waals surface area contributed by atoms with Crippen molar-refractivity contribution >= 4 is 5.57 Å². The number of aromatic amines is 1. The fourth-order valence-electron chi connectivity index (χ4n) is 3.72. The molecule has 1 atom stereocenters. The van der Waals surface area contributed by atoms with Crippen LogP contribution >= 0.6 is 0 Å². The second-order valence-corrected chi connectivity index (χ2v) is 6.94. The molecular formula is C21H23N7. The lowest BCUT2D eigenvalue weighted by molar-refractivity contribution is 0.0490. The van der Waals surface area contributed by atoms with Crippen LogP contribution in [0.15, 0.2) is 43.1 Å². The number of allylic oxidation sites excluding steroid dienone is 2.